The quantitative estimate of drug-likeness (QED) is 0.758. The number of aromatic hydroxyl groups is 1. The first-order chi connectivity index (χ1) is 10.1. The lowest BCUT2D eigenvalue weighted by Gasteiger charge is -2.10. The van der Waals surface area contributed by atoms with Crippen molar-refractivity contribution in [1.82, 2.24) is 0 Å². The average molecular weight is 284 g/mol. The maximum atomic E-state index is 11.9. The molecule has 3 N–H and O–H groups in total. The number of aryl methyl sites for hydroxylation is 1. The molecule has 0 saturated heterocycles. The van der Waals surface area contributed by atoms with Crippen LogP contribution >= 0.6 is 0 Å². The molecule has 2 aromatic rings. The maximum absolute atomic E-state index is 11.9. The fourth-order valence-electron chi connectivity index (χ4n) is 1.90. The lowest BCUT2D eigenvalue weighted by atomic mass is 10.1. The van der Waals surface area contributed by atoms with Crippen molar-refractivity contribution < 1.29 is 14.7 Å². The van der Waals surface area contributed by atoms with Crippen molar-refractivity contribution in [1.29, 1.82) is 0 Å². The summed E-state index contributed by atoms with van der Waals surface area (Å²) >= 11 is 0. The Balaban J connectivity index is 2.04. The van der Waals surface area contributed by atoms with Crippen LogP contribution in [0.5, 0.6) is 5.75 Å². The van der Waals surface area contributed by atoms with Gasteiger partial charge >= 0.3 is 11.8 Å². The highest BCUT2D eigenvalue weighted by Gasteiger charge is 2.15. The molecular weight excluding hydrogens is 268 g/mol. The first-order valence-corrected chi connectivity index (χ1v) is 6.59. The molecule has 21 heavy (non-hydrogen) atoms. The second-order valence-corrected chi connectivity index (χ2v) is 4.47. The van der Waals surface area contributed by atoms with Crippen LogP contribution in [0.15, 0.2) is 48.5 Å². The van der Waals surface area contributed by atoms with Crippen LogP contribution in [0.3, 0.4) is 0 Å². The van der Waals surface area contributed by atoms with Gasteiger partial charge < -0.3 is 15.7 Å². The number of rotatable bonds is 3. The van der Waals surface area contributed by atoms with Gasteiger partial charge in [-0.15, -0.1) is 0 Å². The number of amides is 2. The molecule has 0 aliphatic heterocycles. The number of anilines is 2. The van der Waals surface area contributed by atoms with Gasteiger partial charge in [-0.1, -0.05) is 31.2 Å². The summed E-state index contributed by atoms with van der Waals surface area (Å²) in [5.41, 5.74) is 1.94. The predicted octanol–water partition coefficient (Wildman–Crippen LogP) is 2.53. The summed E-state index contributed by atoms with van der Waals surface area (Å²) < 4.78 is 0. The van der Waals surface area contributed by atoms with Gasteiger partial charge in [-0.2, -0.15) is 0 Å². The van der Waals surface area contributed by atoms with Crippen LogP contribution in [0.2, 0.25) is 0 Å². The Morgan fingerprint density at radius 3 is 2.43 bits per heavy atom. The molecule has 0 spiro atoms. The minimum atomic E-state index is -0.786. The van der Waals surface area contributed by atoms with E-state index in [1.54, 1.807) is 24.3 Å². The van der Waals surface area contributed by atoms with Crippen LogP contribution in [0.4, 0.5) is 11.4 Å². The van der Waals surface area contributed by atoms with E-state index in [-0.39, 0.29) is 5.75 Å². The van der Waals surface area contributed by atoms with E-state index < -0.39 is 11.8 Å². The molecule has 2 rings (SSSR count). The largest absolute Gasteiger partial charge is 0.508 e. The normalized spacial score (nSPS) is 9.95. The smallest absolute Gasteiger partial charge is 0.314 e. The lowest BCUT2D eigenvalue weighted by Crippen LogP contribution is -2.29. The average Bonchev–Trinajstić information content (AvgIpc) is 2.47. The molecule has 0 heterocycles. The number of nitrogens with one attached hydrogen (secondary N) is 2. The van der Waals surface area contributed by atoms with Crippen molar-refractivity contribution in [2.75, 3.05) is 10.6 Å². The summed E-state index contributed by atoms with van der Waals surface area (Å²) in [6.07, 6.45) is 0.755. The van der Waals surface area contributed by atoms with Crippen molar-refractivity contribution in [3.63, 3.8) is 0 Å². The summed E-state index contributed by atoms with van der Waals surface area (Å²) in [4.78, 5) is 23.7. The molecule has 0 radical (unpaired) electrons. The van der Waals surface area contributed by atoms with E-state index in [0.717, 1.165) is 12.0 Å². The molecule has 0 bridgehead atoms. The van der Waals surface area contributed by atoms with Crippen LogP contribution in [0, 0.1) is 0 Å². The van der Waals surface area contributed by atoms with Crippen molar-refractivity contribution in [2.24, 2.45) is 0 Å². The van der Waals surface area contributed by atoms with Gasteiger partial charge in [0, 0.05) is 17.4 Å². The lowest BCUT2D eigenvalue weighted by molar-refractivity contribution is -0.133. The highest BCUT2D eigenvalue weighted by atomic mass is 16.3. The fourth-order valence-corrected chi connectivity index (χ4v) is 1.90. The molecule has 5 nitrogen and oxygen atoms in total. The Hall–Kier alpha value is -2.82. The molecule has 0 aliphatic carbocycles. The molecule has 0 aliphatic rings. The molecule has 0 atom stereocenters. The van der Waals surface area contributed by atoms with Crippen LogP contribution in [0.1, 0.15) is 12.5 Å². The van der Waals surface area contributed by atoms with Crippen molar-refractivity contribution in [3.8, 4) is 5.75 Å². The van der Waals surface area contributed by atoms with E-state index in [0.29, 0.717) is 11.4 Å². The SMILES string of the molecule is CCc1ccccc1NC(=O)C(=O)Nc1cccc(O)c1. The molecule has 5 heteroatoms. The first kappa shape index (κ1) is 14.6. The summed E-state index contributed by atoms with van der Waals surface area (Å²) in [5.74, 6) is -1.52. The van der Waals surface area contributed by atoms with Gasteiger partial charge in [0.2, 0.25) is 0 Å². The minimum Gasteiger partial charge on any atom is -0.508 e. The standard InChI is InChI=1S/C16H16N2O3/c1-2-11-6-3-4-9-14(11)18-16(21)15(20)17-12-7-5-8-13(19)10-12/h3-10,19H,2H2,1H3,(H,17,20)(H,18,21). The summed E-state index contributed by atoms with van der Waals surface area (Å²) in [7, 11) is 0. The van der Waals surface area contributed by atoms with Crippen molar-refractivity contribution in [3.05, 3.63) is 54.1 Å². The number of carbonyl (C=O) groups excluding carboxylic acids is 2. The second-order valence-electron chi connectivity index (χ2n) is 4.47. The molecule has 2 aromatic carbocycles. The number of phenols is 1. The van der Waals surface area contributed by atoms with Crippen LogP contribution in [-0.2, 0) is 16.0 Å². The van der Waals surface area contributed by atoms with Gasteiger partial charge in [-0.3, -0.25) is 9.59 Å². The van der Waals surface area contributed by atoms with Gasteiger partial charge in [-0.05, 0) is 30.2 Å². The van der Waals surface area contributed by atoms with E-state index in [9.17, 15) is 14.7 Å². The van der Waals surface area contributed by atoms with E-state index in [1.165, 1.54) is 12.1 Å². The first-order valence-electron chi connectivity index (χ1n) is 6.59. The third-order valence-corrected chi connectivity index (χ3v) is 2.96. The van der Waals surface area contributed by atoms with E-state index >= 15 is 0 Å². The van der Waals surface area contributed by atoms with Gasteiger partial charge in [0.15, 0.2) is 0 Å². The van der Waals surface area contributed by atoms with Gasteiger partial charge in [0.25, 0.3) is 0 Å². The predicted molar refractivity (Wildman–Crippen MR) is 81.2 cm³/mol. The monoisotopic (exact) mass is 284 g/mol. The summed E-state index contributed by atoms with van der Waals surface area (Å²) in [5, 5.41) is 14.3. The van der Waals surface area contributed by atoms with Crippen LogP contribution in [-0.4, -0.2) is 16.9 Å². The number of hydrogen-bond acceptors (Lipinski definition) is 3. The molecule has 0 fully saturated rings. The Kier molecular flexibility index (Phi) is 4.56. The Bertz CT molecular complexity index is 668. The number of phenolic OH excluding ortho intramolecular Hbond substituents is 1. The fraction of sp³-hybridized carbons (Fsp3) is 0.125. The number of hydrogen-bond donors (Lipinski definition) is 3. The zero-order valence-electron chi connectivity index (χ0n) is 11.6. The molecule has 2 amide bonds. The zero-order chi connectivity index (χ0) is 15.2. The number of benzene rings is 2. The van der Waals surface area contributed by atoms with Gasteiger partial charge in [-0.25, -0.2) is 0 Å². The minimum absolute atomic E-state index is 0.0181. The van der Waals surface area contributed by atoms with E-state index in [2.05, 4.69) is 10.6 Å². The van der Waals surface area contributed by atoms with Crippen molar-refractivity contribution >= 4 is 23.2 Å². The van der Waals surface area contributed by atoms with Gasteiger partial charge in [0.1, 0.15) is 5.75 Å². The van der Waals surface area contributed by atoms with Crippen LogP contribution < -0.4 is 10.6 Å². The molecule has 0 aromatic heterocycles. The Labute approximate surface area is 122 Å². The third kappa shape index (κ3) is 3.82. The molecule has 0 unspecified atom stereocenters. The maximum Gasteiger partial charge on any atom is 0.314 e. The summed E-state index contributed by atoms with van der Waals surface area (Å²) in [6.45, 7) is 1.97. The summed E-state index contributed by atoms with van der Waals surface area (Å²) in [6, 6.07) is 13.3. The van der Waals surface area contributed by atoms with Gasteiger partial charge in [0.05, 0.1) is 0 Å². The van der Waals surface area contributed by atoms with E-state index in [4.69, 9.17) is 0 Å². The Morgan fingerprint density at radius 2 is 1.71 bits per heavy atom. The highest BCUT2D eigenvalue weighted by molar-refractivity contribution is 6.43. The Morgan fingerprint density at radius 1 is 1.00 bits per heavy atom. The molecule has 108 valence electrons. The molecule has 0 saturated carbocycles. The highest BCUT2D eigenvalue weighted by Crippen LogP contribution is 2.17. The van der Waals surface area contributed by atoms with Crippen LogP contribution in [0.25, 0.3) is 0 Å². The molecular formula is C16H16N2O3. The number of para-hydroxylation sites is 1. The number of carbonyl (C=O) groups is 2. The second kappa shape index (κ2) is 6.56. The third-order valence-electron chi connectivity index (χ3n) is 2.96. The van der Waals surface area contributed by atoms with Crippen molar-refractivity contribution in [2.45, 2.75) is 13.3 Å². The zero-order valence-corrected chi connectivity index (χ0v) is 11.6. The topological polar surface area (TPSA) is 78.4 Å². The van der Waals surface area contributed by atoms with E-state index in [1.807, 2.05) is 19.1 Å².